The number of carbonyl (C=O) groups excluding carboxylic acids is 1. The van der Waals surface area contributed by atoms with Crippen LogP contribution in [0.3, 0.4) is 0 Å². The second-order valence-corrected chi connectivity index (χ2v) is 8.44. The van der Waals surface area contributed by atoms with Gasteiger partial charge in [0.05, 0.1) is 4.90 Å². The molecule has 5 nitrogen and oxygen atoms in total. The van der Waals surface area contributed by atoms with Crippen molar-refractivity contribution in [2.75, 3.05) is 19.3 Å². The number of sulfone groups is 1. The maximum atomic E-state index is 12.8. The topological polar surface area (TPSA) is 66.5 Å². The largest absolute Gasteiger partial charge is 0.337 e. The fraction of sp³-hybridized carbons (Fsp3) is 0.562. The van der Waals surface area contributed by atoms with Crippen molar-refractivity contribution in [2.24, 2.45) is 0 Å². The molecule has 0 spiro atoms. The summed E-state index contributed by atoms with van der Waals surface area (Å²) in [4.78, 5) is 14.9. The highest BCUT2D eigenvalue weighted by molar-refractivity contribution is 7.90. The SMILES string of the molecule is Cc1ccc(S(C)(=O)=O)cc1C(=O)N1CCC2CCC(C1)N2.Cl. The Bertz CT molecular complexity index is 705. The van der Waals surface area contributed by atoms with Gasteiger partial charge in [-0.05, 0) is 43.9 Å². The minimum atomic E-state index is -3.30. The summed E-state index contributed by atoms with van der Waals surface area (Å²) in [7, 11) is -3.30. The van der Waals surface area contributed by atoms with Crippen LogP contribution in [-0.2, 0) is 9.84 Å². The molecule has 128 valence electrons. The van der Waals surface area contributed by atoms with Crippen LogP contribution in [0.25, 0.3) is 0 Å². The molecule has 1 aromatic carbocycles. The molecule has 2 fully saturated rings. The monoisotopic (exact) mass is 358 g/mol. The summed E-state index contributed by atoms with van der Waals surface area (Å²) in [6.45, 7) is 3.29. The summed E-state index contributed by atoms with van der Waals surface area (Å²) in [5.74, 6) is -0.0580. The lowest BCUT2D eigenvalue weighted by Crippen LogP contribution is -2.39. The number of rotatable bonds is 2. The molecule has 1 aromatic rings. The number of hydrogen-bond donors (Lipinski definition) is 1. The highest BCUT2D eigenvalue weighted by Crippen LogP contribution is 2.23. The lowest BCUT2D eigenvalue weighted by atomic mass is 10.0. The maximum absolute atomic E-state index is 12.8. The number of benzene rings is 1. The van der Waals surface area contributed by atoms with Gasteiger partial charge in [0.15, 0.2) is 9.84 Å². The molecule has 7 heteroatoms. The third-order valence-corrected chi connectivity index (χ3v) is 5.79. The van der Waals surface area contributed by atoms with E-state index in [1.807, 2.05) is 11.8 Å². The summed E-state index contributed by atoms with van der Waals surface area (Å²) in [6, 6.07) is 5.68. The van der Waals surface area contributed by atoms with Crippen LogP contribution in [0.2, 0.25) is 0 Å². The number of fused-ring (bicyclic) bond motifs is 2. The van der Waals surface area contributed by atoms with Crippen molar-refractivity contribution < 1.29 is 13.2 Å². The summed E-state index contributed by atoms with van der Waals surface area (Å²) in [5, 5.41) is 3.55. The lowest BCUT2D eigenvalue weighted by Gasteiger charge is -2.25. The van der Waals surface area contributed by atoms with Crippen LogP contribution >= 0.6 is 12.4 Å². The van der Waals surface area contributed by atoms with Crippen LogP contribution in [0.15, 0.2) is 23.1 Å². The van der Waals surface area contributed by atoms with Gasteiger partial charge in [-0.1, -0.05) is 6.07 Å². The molecule has 23 heavy (non-hydrogen) atoms. The normalized spacial score (nSPS) is 24.0. The second-order valence-electron chi connectivity index (χ2n) is 6.43. The van der Waals surface area contributed by atoms with Gasteiger partial charge >= 0.3 is 0 Å². The molecule has 0 radical (unpaired) electrons. The molecule has 3 rings (SSSR count). The van der Waals surface area contributed by atoms with Crippen LogP contribution in [0.1, 0.15) is 35.2 Å². The highest BCUT2D eigenvalue weighted by Gasteiger charge is 2.32. The first kappa shape index (κ1) is 18.2. The van der Waals surface area contributed by atoms with E-state index in [1.54, 1.807) is 12.1 Å². The zero-order valence-corrected chi connectivity index (χ0v) is 15.0. The first-order chi connectivity index (χ1) is 10.3. The van der Waals surface area contributed by atoms with Gasteiger partial charge in [-0.2, -0.15) is 0 Å². The van der Waals surface area contributed by atoms with E-state index in [4.69, 9.17) is 0 Å². The molecule has 0 aromatic heterocycles. The molecule has 0 aliphatic carbocycles. The number of halogens is 1. The smallest absolute Gasteiger partial charge is 0.254 e. The van der Waals surface area contributed by atoms with Gasteiger partial charge in [0.25, 0.3) is 5.91 Å². The van der Waals surface area contributed by atoms with Gasteiger partial charge in [-0.25, -0.2) is 8.42 Å². The fourth-order valence-corrected chi connectivity index (χ4v) is 4.01. The number of amides is 1. The Morgan fingerprint density at radius 2 is 1.91 bits per heavy atom. The molecule has 2 aliphatic heterocycles. The Balaban J connectivity index is 0.00000192. The number of aryl methyl sites for hydroxylation is 1. The summed E-state index contributed by atoms with van der Waals surface area (Å²) in [5.41, 5.74) is 1.32. The Morgan fingerprint density at radius 3 is 2.61 bits per heavy atom. The third-order valence-electron chi connectivity index (χ3n) is 4.68. The molecule has 2 unspecified atom stereocenters. The molecule has 2 bridgehead atoms. The van der Waals surface area contributed by atoms with Crippen molar-refractivity contribution >= 4 is 28.2 Å². The van der Waals surface area contributed by atoms with Crippen molar-refractivity contribution in [2.45, 2.75) is 43.2 Å². The molecule has 0 saturated carbocycles. The minimum Gasteiger partial charge on any atom is -0.337 e. The zero-order chi connectivity index (χ0) is 15.9. The Morgan fingerprint density at radius 1 is 1.22 bits per heavy atom. The number of hydrogen-bond acceptors (Lipinski definition) is 4. The van der Waals surface area contributed by atoms with E-state index in [0.29, 0.717) is 24.2 Å². The van der Waals surface area contributed by atoms with Gasteiger partial charge in [-0.15, -0.1) is 12.4 Å². The number of nitrogens with zero attached hydrogens (tertiary/aromatic N) is 1. The first-order valence-corrected chi connectivity index (χ1v) is 9.60. The Hall–Kier alpha value is -1.11. The number of carbonyl (C=O) groups is 1. The first-order valence-electron chi connectivity index (χ1n) is 7.70. The highest BCUT2D eigenvalue weighted by atomic mass is 35.5. The quantitative estimate of drug-likeness (QED) is 0.875. The van der Waals surface area contributed by atoms with E-state index in [2.05, 4.69) is 5.32 Å². The number of likely N-dealkylation sites (tertiary alicyclic amines) is 1. The van der Waals surface area contributed by atoms with Crippen molar-refractivity contribution in [3.05, 3.63) is 29.3 Å². The van der Waals surface area contributed by atoms with E-state index < -0.39 is 9.84 Å². The van der Waals surface area contributed by atoms with Crippen LogP contribution in [0.5, 0.6) is 0 Å². The van der Waals surface area contributed by atoms with Crippen molar-refractivity contribution in [1.29, 1.82) is 0 Å². The van der Waals surface area contributed by atoms with Gasteiger partial charge < -0.3 is 10.2 Å². The van der Waals surface area contributed by atoms with Gasteiger partial charge in [-0.3, -0.25) is 4.79 Å². The Labute approximate surface area is 143 Å². The molecule has 2 saturated heterocycles. The standard InChI is InChI=1S/C16H22N2O3S.ClH/c1-11-3-6-14(22(2,20)21)9-15(11)16(19)18-8-7-12-4-5-13(10-18)17-12;/h3,6,9,12-13,17H,4-5,7-8,10H2,1-2H3;1H. The molecular weight excluding hydrogens is 336 g/mol. The molecular formula is C16H23ClN2O3S. The van der Waals surface area contributed by atoms with Crippen LogP contribution in [0, 0.1) is 6.92 Å². The van der Waals surface area contributed by atoms with Gasteiger partial charge in [0.1, 0.15) is 0 Å². The van der Waals surface area contributed by atoms with Crippen LogP contribution in [-0.4, -0.2) is 50.7 Å². The minimum absolute atomic E-state index is 0. The third kappa shape index (κ3) is 3.87. The summed E-state index contributed by atoms with van der Waals surface area (Å²) in [6.07, 6.45) is 4.43. The van der Waals surface area contributed by atoms with Crippen LogP contribution < -0.4 is 5.32 Å². The van der Waals surface area contributed by atoms with Crippen molar-refractivity contribution in [3.8, 4) is 0 Å². The predicted molar refractivity (Wildman–Crippen MR) is 92.0 cm³/mol. The molecule has 2 aliphatic rings. The van der Waals surface area contributed by atoms with E-state index in [0.717, 1.165) is 24.9 Å². The lowest BCUT2D eigenvalue weighted by molar-refractivity contribution is 0.0747. The van der Waals surface area contributed by atoms with E-state index >= 15 is 0 Å². The molecule has 2 heterocycles. The second kappa shape index (κ2) is 6.79. The average molecular weight is 359 g/mol. The molecule has 1 N–H and O–H groups in total. The molecule has 1 amide bonds. The van der Waals surface area contributed by atoms with E-state index in [9.17, 15) is 13.2 Å². The fourth-order valence-electron chi connectivity index (χ4n) is 3.36. The summed E-state index contributed by atoms with van der Waals surface area (Å²) >= 11 is 0. The zero-order valence-electron chi connectivity index (χ0n) is 13.4. The maximum Gasteiger partial charge on any atom is 0.254 e. The van der Waals surface area contributed by atoms with Gasteiger partial charge in [0, 0.05) is 37.0 Å². The van der Waals surface area contributed by atoms with Crippen molar-refractivity contribution in [3.63, 3.8) is 0 Å². The van der Waals surface area contributed by atoms with E-state index in [1.165, 1.54) is 18.7 Å². The van der Waals surface area contributed by atoms with E-state index in [-0.39, 0.29) is 23.2 Å². The molecule has 2 atom stereocenters. The average Bonchev–Trinajstić information content (AvgIpc) is 2.77. The number of nitrogens with one attached hydrogen (secondary N) is 1. The summed E-state index contributed by atoms with van der Waals surface area (Å²) < 4.78 is 23.4. The van der Waals surface area contributed by atoms with Crippen LogP contribution in [0.4, 0.5) is 0 Å². The van der Waals surface area contributed by atoms with Crippen molar-refractivity contribution in [1.82, 2.24) is 10.2 Å². The van der Waals surface area contributed by atoms with Gasteiger partial charge in [0.2, 0.25) is 0 Å². The Kier molecular flexibility index (Phi) is 5.38. The predicted octanol–water partition coefficient (Wildman–Crippen LogP) is 1.79.